The number of hydrogen-bond donors (Lipinski definition) is 1. The maximum Gasteiger partial charge on any atom is 0.471 e. The van der Waals surface area contributed by atoms with Gasteiger partial charge in [0.1, 0.15) is 20.8 Å². The SMILES string of the molecule is C.CC1(C)C(C=C2C(=O)C(/C=C3/N(CCCCCC(=O)OP(F)P)c4ccc(P(C)(C)=O)cc4C3(C)C)=C2[O-])=[N+](CCCSOO[O-])c2ccc(P(C)(C)=O)cc21.CCCCCNC(=O)C(F)(F)F. The number of anilines is 1. The van der Waals surface area contributed by atoms with E-state index >= 15 is 0 Å². The molecule has 0 saturated carbocycles. The minimum Gasteiger partial charge on any atom is -0.871 e. The van der Waals surface area contributed by atoms with Crippen LogP contribution in [0.4, 0.5) is 28.7 Å². The fraction of sp³-hybridized carbons (Fsp3) is 0.532. The molecule has 0 saturated heterocycles. The van der Waals surface area contributed by atoms with Crippen molar-refractivity contribution in [3.8, 4) is 0 Å². The van der Waals surface area contributed by atoms with Crippen molar-refractivity contribution in [2.24, 2.45) is 0 Å². The molecule has 2 aliphatic heterocycles. The molecule has 1 N–H and O–H groups in total. The Balaban J connectivity index is 0.000000853. The fourth-order valence-corrected chi connectivity index (χ4v) is 11.0. The summed E-state index contributed by atoms with van der Waals surface area (Å²) in [5.41, 5.74) is 4.00. The molecule has 0 bridgehead atoms. The zero-order valence-corrected chi connectivity index (χ0v) is 44.6. The Morgan fingerprint density at radius 1 is 0.928 bits per heavy atom. The highest BCUT2D eigenvalue weighted by molar-refractivity contribution is 8.08. The van der Waals surface area contributed by atoms with E-state index in [2.05, 4.69) is 23.4 Å². The Morgan fingerprint density at radius 2 is 1.55 bits per heavy atom. The average molecular weight is 1070 g/mol. The van der Waals surface area contributed by atoms with Crippen LogP contribution in [0.5, 0.6) is 0 Å². The Labute approximate surface area is 411 Å². The lowest BCUT2D eigenvalue weighted by molar-refractivity contribution is -0.777. The van der Waals surface area contributed by atoms with E-state index in [0.717, 1.165) is 69.4 Å². The second-order valence-electron chi connectivity index (χ2n) is 18.5. The van der Waals surface area contributed by atoms with Gasteiger partial charge >= 0.3 is 18.1 Å². The largest absolute Gasteiger partial charge is 0.871 e. The third-order valence-electron chi connectivity index (χ3n) is 12.0. The van der Waals surface area contributed by atoms with E-state index in [4.69, 9.17) is 0 Å². The number of alkyl halides is 3. The van der Waals surface area contributed by atoms with E-state index in [1.165, 1.54) is 0 Å². The first-order valence-electron chi connectivity index (χ1n) is 22.2. The molecule has 0 fully saturated rings. The number of amides is 1. The number of Topliss-reactive ketones (excluding diaryl/α,β-unsaturated/α-hetero) is 1. The van der Waals surface area contributed by atoms with Crippen LogP contribution in [-0.2, 0) is 48.2 Å². The van der Waals surface area contributed by atoms with Crippen molar-refractivity contribution >= 4 is 88.8 Å². The van der Waals surface area contributed by atoms with Crippen molar-refractivity contribution in [2.75, 3.05) is 56.9 Å². The summed E-state index contributed by atoms with van der Waals surface area (Å²) in [5.74, 6) is -2.72. The van der Waals surface area contributed by atoms with Crippen molar-refractivity contribution in [1.29, 1.82) is 0 Å². The molecule has 22 heteroatoms. The van der Waals surface area contributed by atoms with Crippen molar-refractivity contribution in [2.45, 2.75) is 110 Å². The number of nitrogens with one attached hydrogen (secondary N) is 1. The van der Waals surface area contributed by atoms with Gasteiger partial charge in [-0.2, -0.15) is 26.3 Å². The van der Waals surface area contributed by atoms with E-state index in [9.17, 15) is 51.2 Å². The number of nitrogens with zero attached hydrogens (tertiary/aromatic N) is 2. The Kier molecular flexibility index (Phi) is 21.8. The predicted octanol–water partition coefficient (Wildman–Crippen LogP) is 9.29. The first kappa shape index (κ1) is 60.1. The van der Waals surface area contributed by atoms with Crippen LogP contribution in [0.2, 0.25) is 0 Å². The third kappa shape index (κ3) is 15.2. The number of unbranched alkanes of at least 4 members (excludes halogenated alkanes) is 4. The molecule has 0 aromatic heterocycles. The molecule has 0 radical (unpaired) electrons. The Hall–Kier alpha value is -3.19. The molecule has 69 heavy (non-hydrogen) atoms. The maximum absolute atomic E-state index is 14.0. The molecule has 2 aromatic rings. The molecule has 3 aliphatic rings. The summed E-state index contributed by atoms with van der Waals surface area (Å²) in [6, 6.07) is 11.5. The number of benzene rings is 2. The van der Waals surface area contributed by atoms with Crippen LogP contribution in [-0.4, -0.2) is 86.2 Å². The summed E-state index contributed by atoms with van der Waals surface area (Å²) in [4.78, 5) is 38.2. The van der Waals surface area contributed by atoms with Gasteiger partial charge in [0.2, 0.25) is 5.69 Å². The number of allylic oxidation sites excluding steroid dienone is 5. The number of rotatable bonds is 21. The van der Waals surface area contributed by atoms with Crippen molar-refractivity contribution in [3.05, 3.63) is 82.3 Å². The smallest absolute Gasteiger partial charge is 0.471 e. The van der Waals surface area contributed by atoms with Crippen molar-refractivity contribution < 1.29 is 69.7 Å². The summed E-state index contributed by atoms with van der Waals surface area (Å²) in [5, 5.41) is 31.1. The number of halogens is 4. The number of fused-ring (bicyclic) bond motifs is 2. The van der Waals surface area contributed by atoms with Gasteiger partial charge in [-0.1, -0.05) is 53.2 Å². The molecule has 1 amide bonds. The van der Waals surface area contributed by atoms with Crippen LogP contribution in [0.3, 0.4) is 0 Å². The molecule has 2 unspecified atom stereocenters. The summed E-state index contributed by atoms with van der Waals surface area (Å²) >= 11 is 0.888. The lowest BCUT2D eigenvalue weighted by Gasteiger charge is -2.33. The monoisotopic (exact) mass is 1060 g/mol. The molecule has 2 aromatic carbocycles. The lowest BCUT2D eigenvalue weighted by Crippen LogP contribution is -2.37. The molecule has 5 rings (SSSR count). The van der Waals surface area contributed by atoms with Gasteiger partial charge in [-0.3, -0.25) is 19.4 Å². The normalized spacial score (nSPS) is 17.8. The van der Waals surface area contributed by atoms with Crippen LogP contribution in [0, 0.1) is 0 Å². The van der Waals surface area contributed by atoms with Gasteiger partial charge < -0.3 is 34.2 Å². The van der Waals surface area contributed by atoms with Crippen LogP contribution in [0.15, 0.2) is 71.2 Å². The zero-order valence-electron chi connectivity index (χ0n) is 39.9. The molecule has 2 heterocycles. The third-order valence-corrected chi connectivity index (χ3v) is 16.3. The highest BCUT2D eigenvalue weighted by Crippen LogP contribution is 2.51. The van der Waals surface area contributed by atoms with Crippen molar-refractivity contribution in [3.63, 3.8) is 0 Å². The van der Waals surface area contributed by atoms with Gasteiger partial charge in [-0.25, -0.2) is 0 Å². The van der Waals surface area contributed by atoms with Crippen LogP contribution >= 0.6 is 43.4 Å². The number of carbonyl (C=O) groups is 3. The number of hydrogen-bond acceptors (Lipinski definition) is 12. The zero-order chi connectivity index (χ0) is 51.0. The van der Waals surface area contributed by atoms with Gasteiger partial charge in [0.25, 0.3) is 8.15 Å². The van der Waals surface area contributed by atoms with Gasteiger partial charge in [0.05, 0.1) is 5.41 Å². The highest BCUT2D eigenvalue weighted by atomic mass is 32.2. The average Bonchev–Trinajstić information content (AvgIpc) is 3.58. The first-order valence-corrected chi connectivity index (χ1v) is 31.0. The number of carbonyl (C=O) groups excluding carboxylic acids is 3. The minimum absolute atomic E-state index is 0. The Bertz CT molecular complexity index is 2440. The summed E-state index contributed by atoms with van der Waals surface area (Å²) in [6.07, 6.45) is 3.51. The molecule has 13 nitrogen and oxygen atoms in total. The molecule has 1 aliphatic carbocycles. The summed E-state index contributed by atoms with van der Waals surface area (Å²) in [6.45, 7) is 18.0. The van der Waals surface area contributed by atoms with Crippen LogP contribution in [0.25, 0.3) is 0 Å². The topological polar surface area (TPSA) is 177 Å². The Morgan fingerprint density at radius 3 is 2.12 bits per heavy atom. The van der Waals surface area contributed by atoms with E-state index < -0.39 is 51.3 Å². The van der Waals surface area contributed by atoms with E-state index in [-0.39, 0.29) is 43.1 Å². The number of ketones is 1. The maximum atomic E-state index is 14.0. The van der Waals surface area contributed by atoms with Gasteiger partial charge in [0.15, 0.2) is 11.5 Å². The van der Waals surface area contributed by atoms with E-state index in [1.807, 2.05) is 79.9 Å². The second-order valence-corrected chi connectivity index (χ2v) is 27.7. The predicted molar refractivity (Wildman–Crippen MR) is 269 cm³/mol. The van der Waals surface area contributed by atoms with E-state index in [0.29, 0.717) is 50.9 Å². The first-order chi connectivity index (χ1) is 31.6. The van der Waals surface area contributed by atoms with Gasteiger partial charge in [-0.05, 0) is 111 Å². The van der Waals surface area contributed by atoms with E-state index in [1.54, 1.807) is 44.1 Å². The molecular formula is C47H66F4N3O10P4S-. The fourth-order valence-electron chi connectivity index (χ4n) is 8.24. The summed E-state index contributed by atoms with van der Waals surface area (Å²) in [7, 11) is -5.67. The van der Waals surface area contributed by atoms with Crippen molar-refractivity contribution in [1.82, 2.24) is 5.32 Å². The van der Waals surface area contributed by atoms with Crippen LogP contribution < -0.4 is 31.2 Å². The van der Waals surface area contributed by atoms with Gasteiger partial charge in [-0.15, -0.1) is 0 Å². The standard InChI is InChI=1S/C39H51FN2O9P4S.C7H12F3NO.CH4/c1-38(2)29-21-25(54(5,6)47)14-16-31(29)41(18-11-9-10-13-35(43)49-53(40)52)33(38)23-27-36(44)28(37(27)45)24-34-39(3,4)30-22-26(55(7,8)48)15-17-32(30)42(34)19-12-20-56-51-50-46;1-2-3-4-5-11-6(12)7(8,9)10;/h14-17,21-24H,9-13,18-20,52H2,1-8H3,(H-,44,46);2-5H2,1H3,(H,11,12);1H4/p-1. The molecular weight excluding hydrogens is 998 g/mol. The molecule has 384 valence electrons. The molecule has 0 spiro atoms. The second kappa shape index (κ2) is 25.0. The van der Waals surface area contributed by atoms with Crippen LogP contribution in [0.1, 0.15) is 105 Å². The van der Waals surface area contributed by atoms with Gasteiger partial charge in [0, 0.05) is 100.0 Å². The summed E-state index contributed by atoms with van der Waals surface area (Å²) < 4.78 is 85.1. The minimum atomic E-state index is -4.74. The molecule has 2 atom stereocenters. The quantitative estimate of drug-likeness (QED) is 0.0184. The highest BCUT2D eigenvalue weighted by Gasteiger charge is 2.47. The lowest BCUT2D eigenvalue weighted by atomic mass is 9.77.